The van der Waals surface area contributed by atoms with Crippen LogP contribution in [0.3, 0.4) is 0 Å². The van der Waals surface area contributed by atoms with Crippen molar-refractivity contribution in [2.75, 3.05) is 36.4 Å². The number of alkyl halides is 3. The fraction of sp³-hybridized carbons (Fsp3) is 0.345. The first-order valence-electron chi connectivity index (χ1n) is 13.3. The summed E-state index contributed by atoms with van der Waals surface area (Å²) in [4.78, 5) is 44.7. The van der Waals surface area contributed by atoms with Gasteiger partial charge in [-0.05, 0) is 43.2 Å². The summed E-state index contributed by atoms with van der Waals surface area (Å²) in [5.74, 6) is -5.36. The number of aromatic nitrogens is 1. The van der Waals surface area contributed by atoms with Gasteiger partial charge in [0.1, 0.15) is 6.07 Å². The van der Waals surface area contributed by atoms with Crippen molar-refractivity contribution >= 4 is 29.2 Å². The van der Waals surface area contributed by atoms with Crippen LogP contribution < -0.4 is 10.2 Å². The van der Waals surface area contributed by atoms with Gasteiger partial charge in [0.25, 0.3) is 5.91 Å². The lowest BCUT2D eigenvalue weighted by molar-refractivity contribution is -0.153. The summed E-state index contributed by atoms with van der Waals surface area (Å²) in [5, 5.41) is 21.6. The molecule has 1 saturated heterocycles. The molecule has 2 aromatic carbocycles. The molecule has 218 valence electrons. The Hall–Kier alpha value is -4.86. The number of carbonyl (C=O) groups is 3. The molecule has 1 unspecified atom stereocenters. The lowest BCUT2D eigenvalue weighted by atomic mass is 9.94. The van der Waals surface area contributed by atoms with Gasteiger partial charge in [-0.2, -0.15) is 18.4 Å². The van der Waals surface area contributed by atoms with E-state index in [0.29, 0.717) is 51.1 Å². The minimum Gasteiger partial charge on any atom is -0.481 e. The molecule has 42 heavy (non-hydrogen) atoms. The van der Waals surface area contributed by atoms with Crippen molar-refractivity contribution in [1.82, 2.24) is 9.88 Å². The number of carbonyl (C=O) groups excluding carboxylic acids is 2. The molecule has 2 heterocycles. The topological polar surface area (TPSA) is 140 Å². The number of rotatable bonds is 6. The first-order valence-corrected chi connectivity index (χ1v) is 13.3. The molecule has 2 aliphatic rings. The lowest BCUT2D eigenvalue weighted by Gasteiger charge is -2.38. The summed E-state index contributed by atoms with van der Waals surface area (Å²) in [7, 11) is 0. The van der Waals surface area contributed by atoms with Crippen LogP contribution in [0.5, 0.6) is 0 Å². The molecule has 2 atom stereocenters. The fourth-order valence-electron chi connectivity index (χ4n) is 5.49. The van der Waals surface area contributed by atoms with Gasteiger partial charge in [-0.25, -0.2) is 4.98 Å². The predicted molar refractivity (Wildman–Crippen MR) is 143 cm³/mol. The number of halogens is 3. The Balaban J connectivity index is 1.28. The van der Waals surface area contributed by atoms with Crippen molar-refractivity contribution < 1.29 is 37.1 Å². The molecular weight excluding hydrogens is 555 g/mol. The van der Waals surface area contributed by atoms with Gasteiger partial charge in [0.2, 0.25) is 17.6 Å². The number of benzene rings is 2. The van der Waals surface area contributed by atoms with Crippen LogP contribution in [0.1, 0.15) is 41.1 Å². The summed E-state index contributed by atoms with van der Waals surface area (Å²) in [6.45, 7) is 1.49. The van der Waals surface area contributed by atoms with Crippen LogP contribution in [-0.4, -0.2) is 59.0 Å². The first kappa shape index (κ1) is 28.7. The quantitative estimate of drug-likeness (QED) is 0.430. The molecule has 3 aromatic rings. The molecule has 0 radical (unpaired) electrons. The molecule has 1 aromatic heterocycles. The highest BCUT2D eigenvalue weighted by Gasteiger charge is 2.42. The molecule has 1 saturated carbocycles. The molecule has 5 rings (SSSR count). The maximum Gasteiger partial charge on any atom is 0.452 e. The van der Waals surface area contributed by atoms with Gasteiger partial charge in [0.15, 0.2) is 5.69 Å². The van der Waals surface area contributed by atoms with Gasteiger partial charge >= 0.3 is 12.1 Å². The van der Waals surface area contributed by atoms with Crippen LogP contribution in [0.2, 0.25) is 0 Å². The van der Waals surface area contributed by atoms with E-state index in [1.807, 2.05) is 4.90 Å². The van der Waals surface area contributed by atoms with Crippen LogP contribution >= 0.6 is 0 Å². The number of carboxylic acids is 1. The van der Waals surface area contributed by atoms with E-state index in [4.69, 9.17) is 4.42 Å². The molecule has 2 fully saturated rings. The van der Waals surface area contributed by atoms with Crippen LogP contribution in [0.25, 0.3) is 11.5 Å². The zero-order chi connectivity index (χ0) is 30.0. The molecule has 2 N–H and O–H groups in total. The fourth-order valence-corrected chi connectivity index (χ4v) is 5.49. The summed E-state index contributed by atoms with van der Waals surface area (Å²) in [6.07, 6.45) is -3.23. The van der Waals surface area contributed by atoms with Crippen molar-refractivity contribution in [2.45, 2.75) is 25.4 Å². The highest BCUT2D eigenvalue weighted by Crippen LogP contribution is 2.36. The summed E-state index contributed by atoms with van der Waals surface area (Å²) in [5.41, 5.74) is 0.139. The minimum atomic E-state index is -4.97. The van der Waals surface area contributed by atoms with Crippen LogP contribution in [0.15, 0.2) is 52.9 Å². The Morgan fingerprint density at radius 3 is 2.36 bits per heavy atom. The number of anilines is 2. The number of nitriles is 1. The van der Waals surface area contributed by atoms with Crippen molar-refractivity contribution in [1.29, 1.82) is 5.26 Å². The van der Waals surface area contributed by atoms with Gasteiger partial charge < -0.3 is 24.6 Å². The standard InChI is InChI=1S/C29H26F3N5O5/c30-29(31,32)24-23(35-26(42-24)17-5-2-1-3-6-17)25(38)34-19-9-10-22(18(15-19)16-33)36-11-13-37(14-12-36)27(39)20-7-4-8-21(20)28(40)41/h1-3,5-6,9-10,15,20-21H,4,7-8,11-14H2,(H,34,38)(H,40,41)/t20-,21?/m0/s1. The van der Waals surface area contributed by atoms with E-state index >= 15 is 0 Å². The number of aliphatic carboxylic acids is 1. The van der Waals surface area contributed by atoms with Crippen LogP contribution in [0.4, 0.5) is 24.5 Å². The Morgan fingerprint density at radius 2 is 1.71 bits per heavy atom. The van der Waals surface area contributed by atoms with Crippen LogP contribution in [-0.2, 0) is 15.8 Å². The molecule has 10 nitrogen and oxygen atoms in total. The zero-order valence-corrected chi connectivity index (χ0v) is 22.2. The average molecular weight is 582 g/mol. The smallest absolute Gasteiger partial charge is 0.452 e. The summed E-state index contributed by atoms with van der Waals surface area (Å²) < 4.78 is 45.9. The number of amides is 2. The Morgan fingerprint density at radius 1 is 1.02 bits per heavy atom. The number of hydrogen-bond acceptors (Lipinski definition) is 7. The van der Waals surface area contributed by atoms with E-state index < -0.39 is 41.3 Å². The Bertz CT molecular complexity index is 1540. The number of oxazole rings is 1. The van der Waals surface area contributed by atoms with Crippen molar-refractivity contribution in [3.8, 4) is 17.5 Å². The molecule has 0 bridgehead atoms. The number of nitrogens with zero attached hydrogens (tertiary/aromatic N) is 4. The Kier molecular flexibility index (Phi) is 7.89. The van der Waals surface area contributed by atoms with Gasteiger partial charge in [0.05, 0.1) is 23.1 Å². The maximum absolute atomic E-state index is 13.7. The number of hydrogen-bond donors (Lipinski definition) is 2. The van der Waals surface area contributed by atoms with Crippen molar-refractivity contribution in [3.63, 3.8) is 0 Å². The summed E-state index contributed by atoms with van der Waals surface area (Å²) >= 11 is 0. The van der Waals surface area contributed by atoms with Gasteiger partial charge in [-0.3, -0.25) is 14.4 Å². The third kappa shape index (κ3) is 5.79. The average Bonchev–Trinajstić information content (AvgIpc) is 3.66. The highest BCUT2D eigenvalue weighted by atomic mass is 19.4. The highest BCUT2D eigenvalue weighted by molar-refractivity contribution is 6.04. The second-order valence-electron chi connectivity index (χ2n) is 10.2. The number of carboxylic acid groups (broad SMARTS) is 1. The SMILES string of the molecule is N#Cc1cc(NC(=O)c2nc(-c3ccccc3)oc2C(F)(F)F)ccc1N1CCN(C(=O)[C@H]2CCCC2C(=O)O)CC1. The van der Waals surface area contributed by atoms with E-state index in [2.05, 4.69) is 16.4 Å². The molecular formula is C29H26F3N5O5. The van der Waals surface area contributed by atoms with Crippen LogP contribution in [0, 0.1) is 23.2 Å². The van der Waals surface area contributed by atoms with Gasteiger partial charge in [-0.15, -0.1) is 0 Å². The molecule has 13 heteroatoms. The maximum atomic E-state index is 13.7. The number of piperazine rings is 1. The van der Waals surface area contributed by atoms with E-state index in [-0.39, 0.29) is 28.6 Å². The second-order valence-corrected chi connectivity index (χ2v) is 10.2. The Labute approximate surface area is 238 Å². The first-order chi connectivity index (χ1) is 20.1. The van der Waals surface area contributed by atoms with E-state index in [9.17, 15) is 37.9 Å². The second kappa shape index (κ2) is 11.6. The third-order valence-corrected chi connectivity index (χ3v) is 7.58. The summed E-state index contributed by atoms with van der Waals surface area (Å²) in [6, 6.07) is 14.3. The monoisotopic (exact) mass is 581 g/mol. The zero-order valence-electron chi connectivity index (χ0n) is 22.2. The lowest BCUT2D eigenvalue weighted by Crippen LogP contribution is -2.51. The molecule has 1 aliphatic carbocycles. The van der Waals surface area contributed by atoms with Crippen molar-refractivity contribution in [3.05, 3.63) is 65.5 Å². The largest absolute Gasteiger partial charge is 0.481 e. The third-order valence-electron chi connectivity index (χ3n) is 7.58. The van der Waals surface area contributed by atoms with E-state index in [1.165, 1.54) is 24.3 Å². The normalized spacial score (nSPS) is 18.9. The van der Waals surface area contributed by atoms with Crippen molar-refractivity contribution in [2.24, 2.45) is 11.8 Å². The predicted octanol–water partition coefficient (Wildman–Crippen LogP) is 4.63. The van der Waals surface area contributed by atoms with Gasteiger partial charge in [-0.1, -0.05) is 24.6 Å². The minimum absolute atomic E-state index is 0.0902. The van der Waals surface area contributed by atoms with E-state index in [1.54, 1.807) is 29.2 Å². The van der Waals surface area contributed by atoms with E-state index in [0.717, 1.165) is 0 Å². The molecule has 1 aliphatic heterocycles. The molecule has 2 amide bonds. The molecule has 0 spiro atoms. The van der Waals surface area contributed by atoms with Gasteiger partial charge in [0, 0.05) is 37.4 Å². The number of nitrogens with one attached hydrogen (secondary N) is 1.